The van der Waals surface area contributed by atoms with E-state index in [1.807, 2.05) is 0 Å². The number of hydrogen-bond donors (Lipinski definition) is 0. The summed E-state index contributed by atoms with van der Waals surface area (Å²) >= 11 is 0. The fourth-order valence-corrected chi connectivity index (χ4v) is 4.32. The molecular formula is C20H32N2O. The summed E-state index contributed by atoms with van der Waals surface area (Å²) in [6.07, 6.45) is 2.66. The van der Waals surface area contributed by atoms with Gasteiger partial charge < -0.3 is 9.64 Å². The van der Waals surface area contributed by atoms with Gasteiger partial charge in [-0.1, -0.05) is 58.2 Å². The molecule has 4 atom stereocenters. The molecule has 0 spiro atoms. The van der Waals surface area contributed by atoms with Gasteiger partial charge in [0.2, 0.25) is 0 Å². The van der Waals surface area contributed by atoms with Gasteiger partial charge in [-0.05, 0) is 30.9 Å². The van der Waals surface area contributed by atoms with Crippen LogP contribution < -0.4 is 4.90 Å². The highest BCUT2D eigenvalue weighted by Crippen LogP contribution is 2.39. The van der Waals surface area contributed by atoms with Crippen molar-refractivity contribution in [3.05, 3.63) is 29.8 Å². The van der Waals surface area contributed by atoms with E-state index < -0.39 is 0 Å². The number of fused-ring (bicyclic) bond motifs is 2. The fourth-order valence-electron chi connectivity index (χ4n) is 4.32. The molecule has 0 radical (unpaired) electrons. The summed E-state index contributed by atoms with van der Waals surface area (Å²) in [5, 5.41) is 0. The second-order valence-electron chi connectivity index (χ2n) is 7.56. The lowest BCUT2D eigenvalue weighted by Crippen LogP contribution is -2.55. The Morgan fingerprint density at radius 1 is 1.13 bits per heavy atom. The van der Waals surface area contributed by atoms with Crippen LogP contribution in [-0.2, 0) is 4.74 Å². The minimum Gasteiger partial charge on any atom is -0.355 e. The fraction of sp³-hybridized carbons (Fsp3) is 0.700. The average Bonchev–Trinajstić information content (AvgIpc) is 2.78. The van der Waals surface area contributed by atoms with Crippen LogP contribution in [0.2, 0.25) is 0 Å². The number of nitrogens with zero attached hydrogens (tertiary/aromatic N) is 2. The summed E-state index contributed by atoms with van der Waals surface area (Å²) in [4.78, 5) is 5.21. The molecule has 0 aromatic heterocycles. The molecule has 1 unspecified atom stereocenters. The molecule has 0 saturated carbocycles. The standard InChI is InChI=1S/C20H32N2O/c1-6-16(7-2)19-20-21(17-10-8-15(5)9-11-17)13-22(19)18(12-23-20)14(3)4/h8-11,14,16,18-20H,6-7,12-13H2,1-5H3/t18-,19+,20+/m1/s1. The molecule has 3 rings (SSSR count). The average molecular weight is 316 g/mol. The molecule has 128 valence electrons. The number of benzene rings is 1. The Morgan fingerprint density at radius 2 is 1.78 bits per heavy atom. The first-order valence-corrected chi connectivity index (χ1v) is 9.27. The number of morpholine rings is 1. The molecule has 1 aromatic carbocycles. The van der Waals surface area contributed by atoms with Gasteiger partial charge in [0.15, 0.2) is 0 Å². The summed E-state index contributed by atoms with van der Waals surface area (Å²) in [5.74, 6) is 1.34. The predicted molar refractivity (Wildman–Crippen MR) is 96.6 cm³/mol. The van der Waals surface area contributed by atoms with E-state index in [0.29, 0.717) is 23.9 Å². The number of rotatable bonds is 5. The Labute approximate surface area is 141 Å². The van der Waals surface area contributed by atoms with E-state index >= 15 is 0 Å². The van der Waals surface area contributed by atoms with Crippen LogP contribution in [0.5, 0.6) is 0 Å². The molecule has 2 heterocycles. The molecule has 2 saturated heterocycles. The van der Waals surface area contributed by atoms with Crippen LogP contribution in [0.3, 0.4) is 0 Å². The summed E-state index contributed by atoms with van der Waals surface area (Å²) in [6.45, 7) is 13.3. The lowest BCUT2D eigenvalue weighted by molar-refractivity contribution is -0.0871. The van der Waals surface area contributed by atoms with Crippen molar-refractivity contribution >= 4 is 5.69 Å². The maximum Gasteiger partial charge on any atom is 0.147 e. The zero-order valence-corrected chi connectivity index (χ0v) is 15.3. The second-order valence-corrected chi connectivity index (χ2v) is 7.56. The third kappa shape index (κ3) is 3.01. The molecule has 2 fully saturated rings. The number of anilines is 1. The van der Waals surface area contributed by atoms with Crippen molar-refractivity contribution in [1.29, 1.82) is 0 Å². The maximum atomic E-state index is 6.42. The lowest BCUT2D eigenvalue weighted by atomic mass is 9.89. The van der Waals surface area contributed by atoms with Gasteiger partial charge in [-0.3, -0.25) is 4.90 Å². The molecule has 1 aromatic rings. The molecule has 2 bridgehead atoms. The van der Waals surface area contributed by atoms with Crippen LogP contribution in [0.25, 0.3) is 0 Å². The van der Waals surface area contributed by atoms with Gasteiger partial charge in [-0.15, -0.1) is 0 Å². The number of hydrogen-bond acceptors (Lipinski definition) is 3. The Balaban J connectivity index is 1.92. The molecule has 23 heavy (non-hydrogen) atoms. The molecular weight excluding hydrogens is 284 g/mol. The van der Waals surface area contributed by atoms with Crippen LogP contribution in [0, 0.1) is 18.8 Å². The van der Waals surface area contributed by atoms with Crippen molar-refractivity contribution in [3.63, 3.8) is 0 Å². The van der Waals surface area contributed by atoms with E-state index in [2.05, 4.69) is 68.7 Å². The predicted octanol–water partition coefficient (Wildman–Crippen LogP) is 4.26. The topological polar surface area (TPSA) is 15.7 Å². The first-order chi connectivity index (χ1) is 11.1. The van der Waals surface area contributed by atoms with Gasteiger partial charge >= 0.3 is 0 Å². The molecule has 0 aliphatic carbocycles. The highest BCUT2D eigenvalue weighted by atomic mass is 16.5. The van der Waals surface area contributed by atoms with Gasteiger partial charge in [0.05, 0.1) is 19.3 Å². The molecule has 2 aliphatic heterocycles. The molecule has 3 nitrogen and oxygen atoms in total. The van der Waals surface area contributed by atoms with E-state index in [0.717, 1.165) is 13.3 Å². The Bertz CT molecular complexity index is 509. The summed E-state index contributed by atoms with van der Waals surface area (Å²) < 4.78 is 6.42. The molecule has 2 aliphatic rings. The van der Waals surface area contributed by atoms with Gasteiger partial charge in [0, 0.05) is 11.7 Å². The first-order valence-electron chi connectivity index (χ1n) is 9.27. The highest BCUT2D eigenvalue weighted by Gasteiger charge is 2.50. The third-order valence-electron chi connectivity index (χ3n) is 5.83. The van der Waals surface area contributed by atoms with Crippen molar-refractivity contribution in [2.75, 3.05) is 18.2 Å². The van der Waals surface area contributed by atoms with Gasteiger partial charge in [0.25, 0.3) is 0 Å². The largest absolute Gasteiger partial charge is 0.355 e. The molecule has 0 N–H and O–H groups in total. The monoisotopic (exact) mass is 316 g/mol. The van der Waals surface area contributed by atoms with Crippen LogP contribution in [0.1, 0.15) is 46.1 Å². The van der Waals surface area contributed by atoms with Crippen molar-refractivity contribution in [3.8, 4) is 0 Å². The summed E-state index contributed by atoms with van der Waals surface area (Å²) in [7, 11) is 0. The van der Waals surface area contributed by atoms with Crippen LogP contribution in [-0.4, -0.2) is 36.5 Å². The minimum atomic E-state index is 0.206. The molecule has 0 amide bonds. The Morgan fingerprint density at radius 3 is 2.35 bits per heavy atom. The minimum absolute atomic E-state index is 0.206. The normalized spacial score (nSPS) is 30.5. The van der Waals surface area contributed by atoms with Crippen molar-refractivity contribution in [2.24, 2.45) is 11.8 Å². The number of ether oxygens (including phenoxy) is 1. The number of aryl methyl sites for hydroxylation is 1. The Kier molecular flexibility index (Phi) is 4.98. The SMILES string of the molecule is CCC(CC)[C@H]1[C@@H]2OC[C@H](C(C)C)N1CN2c1ccc(C)cc1. The van der Waals surface area contributed by atoms with E-state index in [9.17, 15) is 0 Å². The second kappa shape index (κ2) is 6.82. The van der Waals surface area contributed by atoms with Gasteiger partial charge in [-0.25, -0.2) is 0 Å². The zero-order chi connectivity index (χ0) is 16.6. The third-order valence-corrected chi connectivity index (χ3v) is 5.83. The quantitative estimate of drug-likeness (QED) is 0.807. The van der Waals surface area contributed by atoms with E-state index in [1.165, 1.54) is 24.1 Å². The van der Waals surface area contributed by atoms with Crippen LogP contribution in [0.4, 0.5) is 5.69 Å². The van der Waals surface area contributed by atoms with Crippen molar-refractivity contribution in [1.82, 2.24) is 4.90 Å². The first kappa shape index (κ1) is 16.8. The van der Waals surface area contributed by atoms with E-state index in [-0.39, 0.29) is 6.23 Å². The van der Waals surface area contributed by atoms with Crippen molar-refractivity contribution < 1.29 is 4.74 Å². The smallest absolute Gasteiger partial charge is 0.147 e. The van der Waals surface area contributed by atoms with Crippen molar-refractivity contribution in [2.45, 2.75) is 65.8 Å². The summed E-state index contributed by atoms with van der Waals surface area (Å²) in [5.41, 5.74) is 2.61. The summed E-state index contributed by atoms with van der Waals surface area (Å²) in [6, 6.07) is 9.96. The Hall–Kier alpha value is -1.06. The van der Waals surface area contributed by atoms with Gasteiger partial charge in [0.1, 0.15) is 6.23 Å². The van der Waals surface area contributed by atoms with E-state index in [4.69, 9.17) is 4.74 Å². The lowest BCUT2D eigenvalue weighted by Gasteiger charge is -2.43. The van der Waals surface area contributed by atoms with E-state index in [1.54, 1.807) is 0 Å². The van der Waals surface area contributed by atoms with Crippen LogP contribution in [0.15, 0.2) is 24.3 Å². The molecule has 3 heteroatoms. The zero-order valence-electron chi connectivity index (χ0n) is 15.3. The maximum absolute atomic E-state index is 6.42. The van der Waals surface area contributed by atoms with Gasteiger partial charge in [-0.2, -0.15) is 0 Å². The highest BCUT2D eigenvalue weighted by molar-refractivity contribution is 5.49. The van der Waals surface area contributed by atoms with Crippen LogP contribution >= 0.6 is 0 Å².